The van der Waals surface area contributed by atoms with Crippen molar-refractivity contribution in [2.45, 2.75) is 12.5 Å². The second-order valence-corrected chi connectivity index (χ2v) is 2.54. The van der Waals surface area contributed by atoms with Crippen molar-refractivity contribution in [1.29, 1.82) is 0 Å². The van der Waals surface area contributed by atoms with Gasteiger partial charge in [-0.25, -0.2) is 0 Å². The lowest BCUT2D eigenvalue weighted by atomic mass is 10.3. The van der Waals surface area contributed by atoms with Gasteiger partial charge in [0, 0.05) is 0 Å². The van der Waals surface area contributed by atoms with Crippen molar-refractivity contribution >= 4 is 24.2 Å². The average Bonchev–Trinajstić information content (AvgIpc) is 1.83. The largest absolute Gasteiger partial charge is 0.318 e. The van der Waals surface area contributed by atoms with Gasteiger partial charge >= 0.3 is 0 Å². The maximum atomic E-state index is 5.41. The monoisotopic (exact) mass is 165 g/mol. The van der Waals surface area contributed by atoms with Crippen LogP contribution >= 0.6 is 24.2 Å². The van der Waals surface area contributed by atoms with E-state index in [9.17, 15) is 0 Å². The molecule has 0 radical (unpaired) electrons. The first-order valence-electron chi connectivity index (χ1n) is 2.52. The van der Waals surface area contributed by atoms with Crippen LogP contribution in [0.3, 0.4) is 0 Å². The number of halogens is 1. The zero-order chi connectivity index (χ0) is 6.41. The standard InChI is InChI=1S/C6H11NS.ClH/c1-3-6(7)4-5-8-2;/h1,6H,4-5,7H2,2H3;1H/t6-;/m1./s1. The van der Waals surface area contributed by atoms with Gasteiger partial charge < -0.3 is 5.73 Å². The molecule has 9 heavy (non-hydrogen) atoms. The van der Waals surface area contributed by atoms with Gasteiger partial charge in [0.1, 0.15) is 0 Å². The zero-order valence-corrected chi connectivity index (χ0v) is 7.10. The van der Waals surface area contributed by atoms with E-state index < -0.39 is 0 Å². The predicted octanol–water partition coefficient (Wildman–Crippen LogP) is 1.12. The van der Waals surface area contributed by atoms with Crippen molar-refractivity contribution < 1.29 is 0 Å². The number of hydrogen-bond donors (Lipinski definition) is 1. The molecule has 3 heteroatoms. The Morgan fingerprint density at radius 2 is 2.33 bits per heavy atom. The Hall–Kier alpha value is 0.160. The van der Waals surface area contributed by atoms with E-state index in [1.807, 2.05) is 6.26 Å². The topological polar surface area (TPSA) is 26.0 Å². The van der Waals surface area contributed by atoms with Gasteiger partial charge in [-0.1, -0.05) is 5.92 Å². The summed E-state index contributed by atoms with van der Waals surface area (Å²) in [6.07, 6.45) is 8.00. The number of hydrogen-bond acceptors (Lipinski definition) is 2. The summed E-state index contributed by atoms with van der Waals surface area (Å²) in [5.74, 6) is 3.53. The van der Waals surface area contributed by atoms with Gasteiger partial charge in [0.2, 0.25) is 0 Å². The van der Waals surface area contributed by atoms with Crippen molar-refractivity contribution in [3.63, 3.8) is 0 Å². The van der Waals surface area contributed by atoms with Gasteiger partial charge in [0.25, 0.3) is 0 Å². The summed E-state index contributed by atoms with van der Waals surface area (Å²) in [5, 5.41) is 0. The van der Waals surface area contributed by atoms with Gasteiger partial charge in [-0.15, -0.1) is 18.8 Å². The highest BCUT2D eigenvalue weighted by Crippen LogP contribution is 1.96. The van der Waals surface area contributed by atoms with Gasteiger partial charge in [-0.05, 0) is 18.4 Å². The SMILES string of the molecule is C#C[C@@H](N)CCSC.Cl. The molecule has 1 nitrogen and oxygen atoms in total. The van der Waals surface area contributed by atoms with Crippen LogP contribution in [-0.2, 0) is 0 Å². The molecular weight excluding hydrogens is 154 g/mol. The third kappa shape index (κ3) is 8.16. The minimum atomic E-state index is -0.0394. The molecule has 0 spiro atoms. The fourth-order valence-electron chi connectivity index (χ4n) is 0.328. The summed E-state index contributed by atoms with van der Waals surface area (Å²) in [4.78, 5) is 0. The van der Waals surface area contributed by atoms with Gasteiger partial charge in [-0.2, -0.15) is 11.8 Å². The average molecular weight is 166 g/mol. The number of nitrogens with two attached hydrogens (primary N) is 1. The van der Waals surface area contributed by atoms with E-state index in [2.05, 4.69) is 5.92 Å². The van der Waals surface area contributed by atoms with Crippen molar-refractivity contribution in [3.8, 4) is 12.3 Å². The maximum Gasteiger partial charge on any atom is 0.0669 e. The molecule has 0 aliphatic rings. The smallest absolute Gasteiger partial charge is 0.0669 e. The molecule has 0 aromatic carbocycles. The lowest BCUT2D eigenvalue weighted by Crippen LogP contribution is -2.17. The van der Waals surface area contributed by atoms with Crippen LogP contribution in [0.4, 0.5) is 0 Å². The molecule has 2 N–H and O–H groups in total. The summed E-state index contributed by atoms with van der Waals surface area (Å²) >= 11 is 1.77. The third-order valence-electron chi connectivity index (χ3n) is 0.847. The molecule has 0 saturated carbocycles. The molecule has 54 valence electrons. The Labute approximate surface area is 67.2 Å². The van der Waals surface area contributed by atoms with Crippen molar-refractivity contribution in [3.05, 3.63) is 0 Å². The van der Waals surface area contributed by atoms with E-state index in [-0.39, 0.29) is 18.4 Å². The molecule has 0 unspecified atom stereocenters. The highest BCUT2D eigenvalue weighted by molar-refractivity contribution is 7.98. The second-order valence-electron chi connectivity index (χ2n) is 1.55. The fourth-order valence-corrected chi connectivity index (χ4v) is 0.818. The van der Waals surface area contributed by atoms with Gasteiger partial charge in [0.05, 0.1) is 6.04 Å². The second kappa shape index (κ2) is 8.16. The van der Waals surface area contributed by atoms with E-state index in [1.165, 1.54) is 0 Å². The molecule has 0 fully saturated rings. The van der Waals surface area contributed by atoms with E-state index in [4.69, 9.17) is 12.2 Å². The minimum absolute atomic E-state index is 0. The molecule has 0 heterocycles. The van der Waals surface area contributed by atoms with Crippen LogP contribution in [0.2, 0.25) is 0 Å². The maximum absolute atomic E-state index is 5.41. The molecule has 0 rings (SSSR count). The summed E-state index contributed by atoms with van der Waals surface area (Å²) in [5.41, 5.74) is 5.41. The predicted molar refractivity (Wildman–Crippen MR) is 47.1 cm³/mol. The molecule has 1 atom stereocenters. The fraction of sp³-hybridized carbons (Fsp3) is 0.667. The minimum Gasteiger partial charge on any atom is -0.318 e. The number of thioether (sulfide) groups is 1. The molecular formula is C6H12ClNS. The van der Waals surface area contributed by atoms with E-state index >= 15 is 0 Å². The van der Waals surface area contributed by atoms with Crippen LogP contribution in [0.1, 0.15) is 6.42 Å². The van der Waals surface area contributed by atoms with Crippen molar-refractivity contribution in [1.82, 2.24) is 0 Å². The van der Waals surface area contributed by atoms with Crippen LogP contribution in [0.15, 0.2) is 0 Å². The van der Waals surface area contributed by atoms with Crippen molar-refractivity contribution in [2.75, 3.05) is 12.0 Å². The summed E-state index contributed by atoms with van der Waals surface area (Å²) in [6.45, 7) is 0. The van der Waals surface area contributed by atoms with E-state index in [0.717, 1.165) is 12.2 Å². The molecule has 0 aliphatic heterocycles. The molecule has 0 bridgehead atoms. The highest BCUT2D eigenvalue weighted by atomic mass is 35.5. The lowest BCUT2D eigenvalue weighted by Gasteiger charge is -1.98. The third-order valence-corrected chi connectivity index (χ3v) is 1.49. The Morgan fingerprint density at radius 1 is 1.78 bits per heavy atom. The Balaban J connectivity index is 0. The quantitative estimate of drug-likeness (QED) is 0.635. The molecule has 0 aromatic heterocycles. The summed E-state index contributed by atoms with van der Waals surface area (Å²) in [6, 6.07) is -0.0394. The van der Waals surface area contributed by atoms with E-state index in [1.54, 1.807) is 11.8 Å². The Morgan fingerprint density at radius 3 is 2.67 bits per heavy atom. The van der Waals surface area contributed by atoms with E-state index in [0.29, 0.717) is 0 Å². The Bertz CT molecular complexity index is 89.5. The lowest BCUT2D eigenvalue weighted by molar-refractivity contribution is 0.816. The van der Waals surface area contributed by atoms with Gasteiger partial charge in [0.15, 0.2) is 0 Å². The molecule has 0 aliphatic carbocycles. The first-order valence-corrected chi connectivity index (χ1v) is 3.91. The summed E-state index contributed by atoms with van der Waals surface area (Å²) < 4.78 is 0. The highest BCUT2D eigenvalue weighted by Gasteiger charge is 1.92. The van der Waals surface area contributed by atoms with Crippen LogP contribution in [0.5, 0.6) is 0 Å². The van der Waals surface area contributed by atoms with Crippen LogP contribution in [0.25, 0.3) is 0 Å². The van der Waals surface area contributed by atoms with Crippen LogP contribution in [-0.4, -0.2) is 18.1 Å². The van der Waals surface area contributed by atoms with Gasteiger partial charge in [-0.3, -0.25) is 0 Å². The van der Waals surface area contributed by atoms with Crippen LogP contribution < -0.4 is 5.73 Å². The first kappa shape index (κ1) is 11.9. The number of rotatable bonds is 3. The number of terminal acetylenes is 1. The molecule has 0 amide bonds. The zero-order valence-electron chi connectivity index (χ0n) is 5.46. The van der Waals surface area contributed by atoms with Crippen molar-refractivity contribution in [2.24, 2.45) is 5.73 Å². The normalized spacial score (nSPS) is 11.2. The molecule has 0 aromatic rings. The first-order chi connectivity index (χ1) is 3.81. The van der Waals surface area contributed by atoms with Crippen LogP contribution in [0, 0.1) is 12.3 Å². The summed E-state index contributed by atoms with van der Waals surface area (Å²) in [7, 11) is 0. The Kier molecular flexibility index (Phi) is 10.8. The molecule has 0 saturated heterocycles.